The third kappa shape index (κ3) is 5.46. The van der Waals surface area contributed by atoms with Crippen molar-refractivity contribution in [3.05, 3.63) is 58.0 Å². The van der Waals surface area contributed by atoms with Crippen molar-refractivity contribution in [2.45, 2.75) is 65.8 Å². The number of thiophene rings is 1. The summed E-state index contributed by atoms with van der Waals surface area (Å²) in [7, 11) is 0. The van der Waals surface area contributed by atoms with Crippen molar-refractivity contribution in [1.82, 2.24) is 14.9 Å². The standard InChI is InChI=1S/C30H35N3OS2/c1-4-20(3)7-6-8-23(34)18-27-29(24-13-16-33(5-2)19-28(24)35-27)30-32-25-17-22(9-10-26(25)36-30)21-11-14-31-15-12-21/h9-12,14-15,17,20H,4-8,13,16,18-19H2,1-3H3/t20-/m0/s1. The fourth-order valence-electron chi connectivity index (χ4n) is 5.03. The molecular formula is C30H35N3OS2. The van der Waals surface area contributed by atoms with Crippen LogP contribution in [-0.2, 0) is 24.2 Å². The minimum atomic E-state index is 0.367. The molecule has 1 aliphatic rings. The van der Waals surface area contributed by atoms with Gasteiger partial charge < -0.3 is 0 Å². The number of nitrogens with zero attached hydrogens (tertiary/aromatic N) is 3. The Balaban J connectivity index is 1.47. The summed E-state index contributed by atoms with van der Waals surface area (Å²) in [5, 5.41) is 1.07. The Hall–Kier alpha value is -2.41. The van der Waals surface area contributed by atoms with Gasteiger partial charge in [-0.1, -0.05) is 39.7 Å². The van der Waals surface area contributed by atoms with Crippen LogP contribution in [0.3, 0.4) is 0 Å². The van der Waals surface area contributed by atoms with Crippen LogP contribution in [0.25, 0.3) is 31.9 Å². The largest absolute Gasteiger partial charge is 0.299 e. The quantitative estimate of drug-likeness (QED) is 0.215. The van der Waals surface area contributed by atoms with E-state index in [2.05, 4.69) is 48.9 Å². The number of ketones is 1. The van der Waals surface area contributed by atoms with E-state index in [-0.39, 0.29) is 0 Å². The van der Waals surface area contributed by atoms with Crippen molar-refractivity contribution < 1.29 is 4.79 Å². The molecule has 6 heteroatoms. The van der Waals surface area contributed by atoms with Crippen LogP contribution in [0.15, 0.2) is 42.7 Å². The fraction of sp³-hybridized carbons (Fsp3) is 0.433. The van der Waals surface area contributed by atoms with Crippen molar-refractivity contribution in [3.8, 4) is 21.7 Å². The lowest BCUT2D eigenvalue weighted by Crippen LogP contribution is -2.29. The molecule has 188 valence electrons. The summed E-state index contributed by atoms with van der Waals surface area (Å²) in [6, 6.07) is 10.6. The van der Waals surface area contributed by atoms with Crippen LogP contribution in [0, 0.1) is 5.92 Å². The average molecular weight is 518 g/mol. The van der Waals surface area contributed by atoms with Gasteiger partial charge in [-0.05, 0) is 66.3 Å². The smallest absolute Gasteiger partial charge is 0.138 e. The maximum Gasteiger partial charge on any atom is 0.138 e. The molecule has 0 bridgehead atoms. The molecule has 0 unspecified atom stereocenters. The molecule has 0 saturated carbocycles. The van der Waals surface area contributed by atoms with Gasteiger partial charge >= 0.3 is 0 Å². The number of thiazole rings is 1. The Morgan fingerprint density at radius 3 is 2.72 bits per heavy atom. The highest BCUT2D eigenvalue weighted by molar-refractivity contribution is 7.22. The van der Waals surface area contributed by atoms with Crippen molar-refractivity contribution in [2.75, 3.05) is 13.1 Å². The Morgan fingerprint density at radius 2 is 1.94 bits per heavy atom. The third-order valence-corrected chi connectivity index (χ3v) is 9.75. The number of hydrogen-bond acceptors (Lipinski definition) is 6. The number of Topliss-reactive ketones (excluding diaryl/α,β-unsaturated/α-hetero) is 1. The Labute approximate surface area is 222 Å². The number of carbonyl (C=O) groups is 1. The number of likely N-dealkylation sites (N-methyl/N-ethyl adjacent to an activating group) is 1. The van der Waals surface area contributed by atoms with E-state index in [4.69, 9.17) is 4.98 Å². The molecule has 0 spiro atoms. The summed E-state index contributed by atoms with van der Waals surface area (Å²) < 4.78 is 1.19. The summed E-state index contributed by atoms with van der Waals surface area (Å²) >= 11 is 3.62. The summed E-state index contributed by atoms with van der Waals surface area (Å²) in [5.41, 5.74) is 6.02. The van der Waals surface area contributed by atoms with Gasteiger partial charge in [-0.3, -0.25) is 14.7 Å². The highest BCUT2D eigenvalue weighted by Crippen LogP contribution is 2.43. The van der Waals surface area contributed by atoms with E-state index >= 15 is 0 Å². The molecule has 0 fully saturated rings. The zero-order valence-corrected chi connectivity index (χ0v) is 23.2. The van der Waals surface area contributed by atoms with E-state index in [1.807, 2.05) is 35.9 Å². The van der Waals surface area contributed by atoms with Gasteiger partial charge in [0.15, 0.2) is 0 Å². The molecule has 4 heterocycles. The van der Waals surface area contributed by atoms with E-state index in [0.29, 0.717) is 24.5 Å². The normalized spacial score (nSPS) is 14.8. The van der Waals surface area contributed by atoms with Crippen molar-refractivity contribution >= 4 is 38.7 Å². The molecule has 1 atom stereocenters. The maximum atomic E-state index is 13.0. The van der Waals surface area contributed by atoms with Crippen LogP contribution >= 0.6 is 22.7 Å². The first kappa shape index (κ1) is 25.2. The molecule has 1 aliphatic heterocycles. The predicted molar refractivity (Wildman–Crippen MR) is 153 cm³/mol. The number of pyridine rings is 1. The molecule has 1 aromatic carbocycles. The van der Waals surface area contributed by atoms with Gasteiger partial charge in [0, 0.05) is 53.6 Å². The van der Waals surface area contributed by atoms with Crippen LogP contribution < -0.4 is 0 Å². The van der Waals surface area contributed by atoms with Gasteiger partial charge in [-0.25, -0.2) is 4.98 Å². The number of hydrogen-bond donors (Lipinski definition) is 0. The lowest BCUT2D eigenvalue weighted by Gasteiger charge is -2.25. The molecular weight excluding hydrogens is 482 g/mol. The highest BCUT2D eigenvalue weighted by Gasteiger charge is 2.27. The van der Waals surface area contributed by atoms with Crippen LogP contribution in [0.1, 0.15) is 61.8 Å². The second-order valence-electron chi connectivity index (χ2n) is 9.98. The topological polar surface area (TPSA) is 46.1 Å². The fourth-order valence-corrected chi connectivity index (χ4v) is 7.57. The van der Waals surface area contributed by atoms with E-state index in [9.17, 15) is 4.79 Å². The molecule has 0 N–H and O–H groups in total. The van der Waals surface area contributed by atoms with Crippen molar-refractivity contribution in [1.29, 1.82) is 0 Å². The van der Waals surface area contributed by atoms with E-state index in [1.165, 1.54) is 32.0 Å². The van der Waals surface area contributed by atoms with Crippen LogP contribution in [-0.4, -0.2) is 33.7 Å². The molecule has 0 aliphatic carbocycles. The first-order valence-corrected chi connectivity index (χ1v) is 14.9. The summed E-state index contributed by atoms with van der Waals surface area (Å²) in [6.07, 6.45) is 9.24. The molecule has 0 amide bonds. The van der Waals surface area contributed by atoms with Gasteiger partial charge in [0.1, 0.15) is 10.8 Å². The lowest BCUT2D eigenvalue weighted by molar-refractivity contribution is -0.118. The molecule has 5 rings (SSSR count). The average Bonchev–Trinajstić information content (AvgIpc) is 3.48. The number of rotatable bonds is 10. The monoisotopic (exact) mass is 517 g/mol. The first-order valence-electron chi connectivity index (χ1n) is 13.2. The lowest BCUT2D eigenvalue weighted by atomic mass is 9.97. The van der Waals surface area contributed by atoms with Crippen LogP contribution in [0.5, 0.6) is 0 Å². The number of fused-ring (bicyclic) bond motifs is 2. The SMILES string of the molecule is CC[C@H](C)CCCC(=O)Cc1sc2c(c1-c1nc3cc(-c4ccncc4)ccc3s1)CCN(CC)C2. The zero-order valence-electron chi connectivity index (χ0n) is 21.5. The Bertz CT molecular complexity index is 1340. The van der Waals surface area contributed by atoms with E-state index in [0.717, 1.165) is 60.5 Å². The number of carbonyl (C=O) groups excluding carboxylic acids is 1. The molecule has 4 nitrogen and oxygen atoms in total. The summed E-state index contributed by atoms with van der Waals surface area (Å²) in [4.78, 5) is 27.5. The second kappa shape index (κ2) is 11.3. The van der Waals surface area contributed by atoms with Crippen LogP contribution in [0.2, 0.25) is 0 Å². The molecule has 4 aromatic rings. The zero-order chi connectivity index (χ0) is 25.1. The molecule has 36 heavy (non-hydrogen) atoms. The van der Waals surface area contributed by atoms with Gasteiger partial charge in [0.25, 0.3) is 0 Å². The molecule has 0 radical (unpaired) electrons. The van der Waals surface area contributed by atoms with Gasteiger partial charge in [0.2, 0.25) is 0 Å². The minimum Gasteiger partial charge on any atom is -0.299 e. The van der Waals surface area contributed by atoms with Gasteiger partial charge in [0.05, 0.1) is 10.2 Å². The predicted octanol–water partition coefficient (Wildman–Crippen LogP) is 7.79. The van der Waals surface area contributed by atoms with E-state index < -0.39 is 0 Å². The third-order valence-electron chi connectivity index (χ3n) is 7.48. The maximum absolute atomic E-state index is 13.0. The highest BCUT2D eigenvalue weighted by atomic mass is 32.1. The minimum absolute atomic E-state index is 0.367. The molecule has 3 aromatic heterocycles. The Morgan fingerprint density at radius 1 is 1.11 bits per heavy atom. The Kier molecular flexibility index (Phi) is 7.94. The van der Waals surface area contributed by atoms with Crippen LogP contribution in [0.4, 0.5) is 0 Å². The van der Waals surface area contributed by atoms with Gasteiger partial charge in [-0.2, -0.15) is 0 Å². The summed E-state index contributed by atoms with van der Waals surface area (Å²) in [6.45, 7) is 9.87. The molecule has 0 saturated heterocycles. The van der Waals surface area contributed by atoms with E-state index in [1.54, 1.807) is 11.3 Å². The van der Waals surface area contributed by atoms with Crippen molar-refractivity contribution in [2.24, 2.45) is 5.92 Å². The number of aromatic nitrogens is 2. The van der Waals surface area contributed by atoms with Gasteiger partial charge in [-0.15, -0.1) is 22.7 Å². The first-order chi connectivity index (χ1) is 17.6. The second-order valence-corrected chi connectivity index (χ2v) is 12.2. The summed E-state index contributed by atoms with van der Waals surface area (Å²) in [5.74, 6) is 1.06. The van der Waals surface area contributed by atoms with Crippen molar-refractivity contribution in [3.63, 3.8) is 0 Å². The number of benzene rings is 1.